The van der Waals surface area contributed by atoms with E-state index in [9.17, 15) is 31.1 Å². The van der Waals surface area contributed by atoms with E-state index in [2.05, 4.69) is 27.1 Å². The number of carbonyl (C=O) groups excluding carboxylic acids is 1. The van der Waals surface area contributed by atoms with E-state index in [1.54, 1.807) is 0 Å². The van der Waals surface area contributed by atoms with Crippen LogP contribution in [0.2, 0.25) is 0 Å². The number of anilines is 1. The van der Waals surface area contributed by atoms with Crippen LogP contribution in [0.4, 0.5) is 32.2 Å². The Balaban J connectivity index is 2.54. The maximum Gasteiger partial charge on any atom is 0.407 e. The van der Waals surface area contributed by atoms with Gasteiger partial charge in [-0.1, -0.05) is 0 Å². The number of aromatic nitrogens is 2. The second-order valence-corrected chi connectivity index (χ2v) is 5.79. The molecular formula is C18H15F6N5O2. The quantitative estimate of drug-likeness (QED) is 0.339. The zero-order valence-corrected chi connectivity index (χ0v) is 15.6. The number of nitrogens with zero attached hydrogens (tertiary/aromatic N) is 4. The summed E-state index contributed by atoms with van der Waals surface area (Å²) in [4.78, 5) is 17.5. The Morgan fingerprint density at radius 2 is 2.03 bits per heavy atom. The van der Waals surface area contributed by atoms with Gasteiger partial charge in [0.2, 0.25) is 6.41 Å². The van der Waals surface area contributed by atoms with Gasteiger partial charge in [0.05, 0.1) is 11.9 Å². The van der Waals surface area contributed by atoms with Gasteiger partial charge in [-0.2, -0.15) is 13.2 Å². The summed E-state index contributed by atoms with van der Waals surface area (Å²) in [6.45, 7) is 0.764. The van der Waals surface area contributed by atoms with E-state index in [1.807, 2.05) is 0 Å². The lowest BCUT2D eigenvalue weighted by Gasteiger charge is -2.11. The molecule has 0 bridgehead atoms. The Bertz CT molecular complexity index is 984. The number of carbonyl (C=O) groups is 1. The number of ether oxygens (including phenoxy) is 1. The SMILES string of the molecule is C=N/C=C(\C=NCC(F)(F)F)n1nc(NC=O)cc1-c1cc(F)cc(OCC(F)F)c1. The Labute approximate surface area is 171 Å². The first-order chi connectivity index (χ1) is 14.6. The molecule has 166 valence electrons. The number of rotatable bonds is 10. The second-order valence-electron chi connectivity index (χ2n) is 5.79. The molecule has 31 heavy (non-hydrogen) atoms. The minimum atomic E-state index is -4.56. The van der Waals surface area contributed by atoms with Crippen LogP contribution in [0.3, 0.4) is 0 Å². The highest BCUT2D eigenvalue weighted by Gasteiger charge is 2.26. The first-order valence-corrected chi connectivity index (χ1v) is 8.38. The van der Waals surface area contributed by atoms with Crippen LogP contribution in [0.5, 0.6) is 5.75 Å². The third-order valence-electron chi connectivity index (χ3n) is 3.42. The zero-order chi connectivity index (χ0) is 23.0. The van der Waals surface area contributed by atoms with E-state index < -0.39 is 31.6 Å². The Hall–Kier alpha value is -3.64. The van der Waals surface area contributed by atoms with E-state index in [4.69, 9.17) is 4.74 Å². The van der Waals surface area contributed by atoms with Crippen molar-refractivity contribution in [3.63, 3.8) is 0 Å². The Morgan fingerprint density at radius 3 is 2.65 bits per heavy atom. The zero-order valence-electron chi connectivity index (χ0n) is 15.6. The molecule has 1 aromatic heterocycles. The summed E-state index contributed by atoms with van der Waals surface area (Å²) in [5.74, 6) is -1.09. The van der Waals surface area contributed by atoms with E-state index in [-0.39, 0.29) is 28.5 Å². The van der Waals surface area contributed by atoms with Crippen molar-refractivity contribution in [2.75, 3.05) is 18.5 Å². The molecular weight excluding hydrogens is 432 g/mol. The fourth-order valence-corrected chi connectivity index (χ4v) is 2.35. The van der Waals surface area contributed by atoms with E-state index in [0.29, 0.717) is 6.41 Å². The lowest BCUT2D eigenvalue weighted by molar-refractivity contribution is -0.118. The molecule has 0 atom stereocenters. The molecule has 0 aliphatic rings. The van der Waals surface area contributed by atoms with Crippen molar-refractivity contribution < 1.29 is 35.9 Å². The number of hydrogen-bond acceptors (Lipinski definition) is 5. The molecule has 0 saturated carbocycles. The molecule has 7 nitrogen and oxygen atoms in total. The molecule has 2 rings (SSSR count). The first-order valence-electron chi connectivity index (χ1n) is 8.38. The van der Waals surface area contributed by atoms with Gasteiger partial charge in [0.25, 0.3) is 6.43 Å². The summed E-state index contributed by atoms with van der Waals surface area (Å²) in [5.41, 5.74) is 0.0292. The van der Waals surface area contributed by atoms with Crippen LogP contribution in [0.25, 0.3) is 17.0 Å². The van der Waals surface area contributed by atoms with Gasteiger partial charge in [0.1, 0.15) is 30.4 Å². The standard InChI is InChI=1S/C18H15F6N5O2/c1-25-6-13(7-26-9-18(22,23)24)29-15(5-17(28-29)27-10-30)11-2-12(19)4-14(3-11)31-8-16(20)21/h2-7,10,16H,1,8-9H2,(H,27,28,30)/b13-6+,26-7?. The number of aliphatic imine (C=N–C) groups is 2. The molecule has 1 amide bonds. The summed E-state index contributed by atoms with van der Waals surface area (Å²) in [6, 6.07) is 4.38. The first kappa shape index (κ1) is 23.6. The highest BCUT2D eigenvalue weighted by atomic mass is 19.4. The monoisotopic (exact) mass is 447 g/mol. The molecule has 2 aromatic rings. The molecule has 1 heterocycles. The largest absolute Gasteiger partial charge is 0.488 e. The van der Waals surface area contributed by atoms with Gasteiger partial charge in [0.15, 0.2) is 5.82 Å². The third kappa shape index (κ3) is 7.28. The van der Waals surface area contributed by atoms with Crippen LogP contribution in [0.1, 0.15) is 0 Å². The van der Waals surface area contributed by atoms with E-state index >= 15 is 0 Å². The van der Waals surface area contributed by atoms with E-state index in [0.717, 1.165) is 29.2 Å². The highest BCUT2D eigenvalue weighted by Crippen LogP contribution is 2.29. The molecule has 13 heteroatoms. The molecule has 0 aliphatic heterocycles. The molecule has 0 radical (unpaired) electrons. The Morgan fingerprint density at radius 1 is 1.29 bits per heavy atom. The summed E-state index contributed by atoms with van der Waals surface area (Å²) in [7, 11) is 0. The lowest BCUT2D eigenvalue weighted by atomic mass is 10.1. The topological polar surface area (TPSA) is 80.9 Å². The van der Waals surface area contributed by atoms with Crippen LogP contribution in [0, 0.1) is 5.82 Å². The number of halogens is 6. The van der Waals surface area contributed by atoms with Gasteiger partial charge in [-0.3, -0.25) is 14.8 Å². The Kier molecular flexibility index (Phi) is 7.94. The third-order valence-corrected chi connectivity index (χ3v) is 3.42. The fraction of sp³-hybridized carbons (Fsp3) is 0.222. The van der Waals surface area contributed by atoms with E-state index in [1.165, 1.54) is 12.1 Å². The van der Waals surface area contributed by atoms with Crippen LogP contribution in [0.15, 0.2) is 40.5 Å². The van der Waals surface area contributed by atoms with Gasteiger partial charge < -0.3 is 10.1 Å². The molecule has 0 aliphatic carbocycles. The van der Waals surface area contributed by atoms with Crippen molar-refractivity contribution in [3.8, 4) is 17.0 Å². The number of hydrogen-bond donors (Lipinski definition) is 1. The van der Waals surface area contributed by atoms with Gasteiger partial charge in [-0.15, -0.1) is 5.10 Å². The summed E-state index contributed by atoms with van der Waals surface area (Å²) in [6.07, 6.45) is -5.20. The summed E-state index contributed by atoms with van der Waals surface area (Å²) in [5, 5.41) is 6.26. The number of nitrogens with one attached hydrogen (secondary N) is 1. The minimum absolute atomic E-state index is 0.0384. The van der Waals surface area contributed by atoms with Crippen molar-refractivity contribution >= 4 is 30.9 Å². The maximum absolute atomic E-state index is 14.0. The van der Waals surface area contributed by atoms with Crippen molar-refractivity contribution in [2.24, 2.45) is 9.98 Å². The molecule has 1 N–H and O–H groups in total. The maximum atomic E-state index is 14.0. The van der Waals surface area contributed by atoms with Crippen LogP contribution in [-0.4, -0.2) is 54.9 Å². The molecule has 0 spiro atoms. The average Bonchev–Trinajstić information content (AvgIpc) is 3.08. The predicted octanol–water partition coefficient (Wildman–Crippen LogP) is 4.03. The minimum Gasteiger partial charge on any atom is -0.488 e. The van der Waals surface area contributed by atoms with Gasteiger partial charge in [0, 0.05) is 23.9 Å². The molecule has 0 fully saturated rings. The predicted molar refractivity (Wildman–Crippen MR) is 102 cm³/mol. The average molecular weight is 447 g/mol. The normalized spacial score (nSPS) is 12.4. The highest BCUT2D eigenvalue weighted by molar-refractivity contribution is 6.03. The van der Waals surface area contributed by atoms with Crippen LogP contribution < -0.4 is 10.1 Å². The van der Waals surface area contributed by atoms with Crippen LogP contribution >= 0.6 is 0 Å². The number of amides is 1. The molecule has 0 unspecified atom stereocenters. The lowest BCUT2D eigenvalue weighted by Crippen LogP contribution is -2.12. The second kappa shape index (κ2) is 10.4. The summed E-state index contributed by atoms with van der Waals surface area (Å²) >= 11 is 0. The number of alkyl halides is 5. The van der Waals surface area contributed by atoms with Crippen molar-refractivity contribution in [1.29, 1.82) is 0 Å². The fourth-order valence-electron chi connectivity index (χ4n) is 2.35. The van der Waals surface area contributed by atoms with Crippen molar-refractivity contribution in [1.82, 2.24) is 9.78 Å². The van der Waals surface area contributed by atoms with Gasteiger partial charge >= 0.3 is 6.18 Å². The van der Waals surface area contributed by atoms with Gasteiger partial charge in [-0.05, 0) is 18.9 Å². The van der Waals surface area contributed by atoms with Crippen LogP contribution in [-0.2, 0) is 4.79 Å². The van der Waals surface area contributed by atoms with Gasteiger partial charge in [-0.25, -0.2) is 17.9 Å². The summed E-state index contributed by atoms with van der Waals surface area (Å²) < 4.78 is 81.9. The van der Waals surface area contributed by atoms with Crippen molar-refractivity contribution in [2.45, 2.75) is 12.6 Å². The number of benzene rings is 1. The smallest absolute Gasteiger partial charge is 0.407 e. The molecule has 1 aromatic carbocycles. The van der Waals surface area contributed by atoms with Crippen molar-refractivity contribution in [3.05, 3.63) is 36.3 Å². The molecule has 0 saturated heterocycles. The number of allylic oxidation sites excluding steroid dienone is 1.